The predicted octanol–water partition coefficient (Wildman–Crippen LogP) is 2.45. The van der Waals surface area contributed by atoms with Crippen LogP contribution >= 0.6 is 0 Å². The van der Waals surface area contributed by atoms with Gasteiger partial charge in [0, 0.05) is 51.0 Å². The van der Waals surface area contributed by atoms with Crippen molar-refractivity contribution in [3.8, 4) is 11.6 Å². The molecule has 31 heavy (non-hydrogen) atoms. The minimum Gasteiger partial charge on any atom is -0.488 e. The normalized spacial score (nSPS) is 16.2. The minimum absolute atomic E-state index is 0.111. The third-order valence-electron chi connectivity index (χ3n) is 4.90. The Morgan fingerprint density at radius 3 is 2.77 bits per heavy atom. The van der Waals surface area contributed by atoms with E-state index in [9.17, 15) is 0 Å². The zero-order valence-electron chi connectivity index (χ0n) is 18.5. The Labute approximate surface area is 184 Å². The number of aliphatic imine (C=N–C) groups is 1. The van der Waals surface area contributed by atoms with Crippen LogP contribution in [0.15, 0.2) is 41.5 Å². The lowest BCUT2D eigenvalue weighted by atomic mass is 10.1. The van der Waals surface area contributed by atoms with E-state index in [2.05, 4.69) is 45.7 Å². The van der Waals surface area contributed by atoms with Crippen LogP contribution in [0.1, 0.15) is 23.1 Å². The summed E-state index contributed by atoms with van der Waals surface area (Å²) < 4.78 is 22.4. The van der Waals surface area contributed by atoms with Gasteiger partial charge in [-0.1, -0.05) is 18.2 Å². The average molecular weight is 429 g/mol. The van der Waals surface area contributed by atoms with Crippen LogP contribution in [-0.4, -0.2) is 57.6 Å². The zero-order valence-corrected chi connectivity index (χ0v) is 18.5. The van der Waals surface area contributed by atoms with Crippen molar-refractivity contribution in [2.75, 3.05) is 40.6 Å². The lowest BCUT2D eigenvalue weighted by molar-refractivity contribution is 0.140. The van der Waals surface area contributed by atoms with Gasteiger partial charge in [0.15, 0.2) is 5.96 Å². The molecule has 8 heteroatoms. The molecule has 1 saturated heterocycles. The van der Waals surface area contributed by atoms with E-state index in [1.54, 1.807) is 20.4 Å². The van der Waals surface area contributed by atoms with Gasteiger partial charge in [-0.05, 0) is 24.6 Å². The van der Waals surface area contributed by atoms with Crippen molar-refractivity contribution in [2.24, 2.45) is 4.99 Å². The third-order valence-corrected chi connectivity index (χ3v) is 4.90. The Morgan fingerprint density at radius 1 is 1.19 bits per heavy atom. The van der Waals surface area contributed by atoms with Crippen molar-refractivity contribution in [3.63, 3.8) is 0 Å². The summed E-state index contributed by atoms with van der Waals surface area (Å²) in [5.41, 5.74) is 3.19. The number of hydrogen-bond acceptors (Lipinski definition) is 6. The van der Waals surface area contributed by atoms with Gasteiger partial charge in [-0.3, -0.25) is 4.99 Å². The third kappa shape index (κ3) is 7.11. The van der Waals surface area contributed by atoms with Gasteiger partial charge in [0.25, 0.3) is 0 Å². The van der Waals surface area contributed by atoms with Gasteiger partial charge < -0.3 is 29.6 Å². The van der Waals surface area contributed by atoms with E-state index in [1.165, 1.54) is 0 Å². The van der Waals surface area contributed by atoms with Gasteiger partial charge in [-0.2, -0.15) is 0 Å². The maximum Gasteiger partial charge on any atom is 0.218 e. The summed E-state index contributed by atoms with van der Waals surface area (Å²) in [4.78, 5) is 8.64. The Hall–Kier alpha value is -2.84. The van der Waals surface area contributed by atoms with Gasteiger partial charge >= 0.3 is 0 Å². The lowest BCUT2D eigenvalue weighted by Crippen LogP contribution is -2.36. The number of rotatable bonds is 10. The quantitative estimate of drug-likeness (QED) is 0.341. The zero-order chi connectivity index (χ0) is 21.9. The molecule has 1 aliphatic rings. The maximum atomic E-state index is 6.18. The van der Waals surface area contributed by atoms with Crippen molar-refractivity contribution >= 4 is 5.96 Å². The second kappa shape index (κ2) is 12.1. The first-order valence-corrected chi connectivity index (χ1v) is 10.5. The molecule has 0 radical (unpaired) electrons. The number of hydrogen-bond donors (Lipinski definition) is 2. The van der Waals surface area contributed by atoms with Gasteiger partial charge in [-0.25, -0.2) is 4.98 Å². The largest absolute Gasteiger partial charge is 0.488 e. The van der Waals surface area contributed by atoms with Crippen molar-refractivity contribution in [1.29, 1.82) is 0 Å². The minimum atomic E-state index is 0.111. The fourth-order valence-corrected chi connectivity index (χ4v) is 3.19. The molecule has 1 unspecified atom stereocenters. The highest BCUT2D eigenvalue weighted by molar-refractivity contribution is 5.79. The Bertz CT molecular complexity index is 853. The average Bonchev–Trinajstić information content (AvgIpc) is 3.29. The molecule has 3 rings (SSSR count). The molecule has 0 spiro atoms. The molecule has 1 aliphatic heterocycles. The van der Waals surface area contributed by atoms with Crippen molar-refractivity contribution in [1.82, 2.24) is 15.6 Å². The SMILES string of the molecule is CN=C(NCc1ccc(C)cc1OC1CCOC1)NCc1cccnc1OCCOC. The van der Waals surface area contributed by atoms with E-state index < -0.39 is 0 Å². The van der Waals surface area contributed by atoms with Gasteiger partial charge in [-0.15, -0.1) is 0 Å². The highest BCUT2D eigenvalue weighted by Crippen LogP contribution is 2.23. The number of aryl methyl sites for hydroxylation is 1. The summed E-state index contributed by atoms with van der Waals surface area (Å²) in [6.07, 6.45) is 2.75. The molecular weight excluding hydrogens is 396 g/mol. The topological polar surface area (TPSA) is 86.2 Å². The second-order valence-corrected chi connectivity index (χ2v) is 7.30. The molecular formula is C23H32N4O4. The molecule has 1 atom stereocenters. The molecule has 2 heterocycles. The van der Waals surface area contributed by atoms with Crippen LogP contribution in [0.5, 0.6) is 11.6 Å². The molecule has 0 bridgehead atoms. The van der Waals surface area contributed by atoms with E-state index in [0.29, 0.717) is 44.7 Å². The summed E-state index contributed by atoms with van der Waals surface area (Å²) in [5, 5.41) is 6.68. The van der Waals surface area contributed by atoms with Crippen LogP contribution in [0, 0.1) is 6.92 Å². The van der Waals surface area contributed by atoms with Crippen LogP contribution in [0.4, 0.5) is 0 Å². The highest BCUT2D eigenvalue weighted by Gasteiger charge is 2.19. The van der Waals surface area contributed by atoms with Crippen molar-refractivity contribution in [2.45, 2.75) is 32.5 Å². The van der Waals surface area contributed by atoms with Crippen molar-refractivity contribution < 1.29 is 18.9 Å². The van der Waals surface area contributed by atoms with Crippen LogP contribution in [0.3, 0.4) is 0 Å². The first-order valence-electron chi connectivity index (χ1n) is 10.5. The molecule has 0 aliphatic carbocycles. The Balaban J connectivity index is 1.57. The molecule has 0 amide bonds. The molecule has 1 fully saturated rings. The molecule has 1 aromatic carbocycles. The number of nitrogens with zero attached hydrogens (tertiary/aromatic N) is 2. The summed E-state index contributed by atoms with van der Waals surface area (Å²) in [7, 11) is 3.39. The van der Waals surface area contributed by atoms with E-state index in [1.807, 2.05) is 12.1 Å². The summed E-state index contributed by atoms with van der Waals surface area (Å²) in [6.45, 7) is 5.56. The Kier molecular flexibility index (Phi) is 8.93. The van der Waals surface area contributed by atoms with E-state index >= 15 is 0 Å². The monoisotopic (exact) mass is 428 g/mol. The number of benzene rings is 1. The number of ether oxygens (including phenoxy) is 4. The number of guanidine groups is 1. The standard InChI is InChI=1S/C23H32N4O4/c1-17-6-7-18(21(13-17)31-20-8-10-29-16-20)14-26-23(24-2)27-15-19-5-4-9-25-22(19)30-12-11-28-3/h4-7,9,13,20H,8,10-12,14-16H2,1-3H3,(H2,24,26,27). The van der Waals surface area contributed by atoms with Crippen molar-refractivity contribution in [3.05, 3.63) is 53.2 Å². The van der Waals surface area contributed by atoms with E-state index in [0.717, 1.165) is 35.5 Å². The van der Waals surface area contributed by atoms with Gasteiger partial charge in [0.1, 0.15) is 18.5 Å². The fourth-order valence-electron chi connectivity index (χ4n) is 3.19. The first-order chi connectivity index (χ1) is 15.2. The number of pyridine rings is 1. The van der Waals surface area contributed by atoms with Crippen LogP contribution < -0.4 is 20.1 Å². The fraction of sp³-hybridized carbons (Fsp3) is 0.478. The number of methoxy groups -OCH3 is 1. The number of nitrogens with one attached hydrogen (secondary N) is 2. The summed E-state index contributed by atoms with van der Waals surface area (Å²) in [6, 6.07) is 10.1. The van der Waals surface area contributed by atoms with E-state index in [-0.39, 0.29) is 6.10 Å². The smallest absolute Gasteiger partial charge is 0.218 e. The summed E-state index contributed by atoms with van der Waals surface area (Å²) in [5.74, 6) is 2.16. The Morgan fingerprint density at radius 2 is 2.03 bits per heavy atom. The van der Waals surface area contributed by atoms with Crippen LogP contribution in [0.25, 0.3) is 0 Å². The second-order valence-electron chi connectivity index (χ2n) is 7.30. The molecule has 1 aromatic heterocycles. The highest BCUT2D eigenvalue weighted by atomic mass is 16.5. The lowest BCUT2D eigenvalue weighted by Gasteiger charge is -2.18. The molecule has 2 N–H and O–H groups in total. The number of aromatic nitrogens is 1. The van der Waals surface area contributed by atoms with Crippen LogP contribution in [-0.2, 0) is 22.6 Å². The molecule has 0 saturated carbocycles. The first kappa shape index (κ1) is 22.8. The predicted molar refractivity (Wildman–Crippen MR) is 120 cm³/mol. The van der Waals surface area contributed by atoms with Gasteiger partial charge in [0.05, 0.1) is 19.8 Å². The van der Waals surface area contributed by atoms with E-state index in [4.69, 9.17) is 18.9 Å². The van der Waals surface area contributed by atoms with Crippen LogP contribution in [0.2, 0.25) is 0 Å². The molecule has 2 aromatic rings. The maximum absolute atomic E-state index is 6.18. The molecule has 8 nitrogen and oxygen atoms in total. The molecule has 168 valence electrons. The summed E-state index contributed by atoms with van der Waals surface area (Å²) >= 11 is 0. The van der Waals surface area contributed by atoms with Gasteiger partial charge in [0.2, 0.25) is 5.88 Å².